The predicted octanol–water partition coefficient (Wildman–Crippen LogP) is 4.84. The van der Waals surface area contributed by atoms with Gasteiger partial charge in [0, 0.05) is 4.88 Å². The Morgan fingerprint density at radius 2 is 1.86 bits per heavy atom. The van der Waals surface area contributed by atoms with E-state index >= 15 is 0 Å². The monoisotopic (exact) mass is 295 g/mol. The molecule has 0 unspecified atom stereocenters. The molecule has 0 bridgehead atoms. The molecule has 0 aliphatic carbocycles. The van der Waals surface area contributed by atoms with Gasteiger partial charge in [-0.3, -0.25) is 0 Å². The third-order valence-corrected chi connectivity index (χ3v) is 5.07. The molecule has 1 heterocycles. The number of benzene rings is 2. The Morgan fingerprint density at radius 1 is 1.00 bits per heavy atom. The van der Waals surface area contributed by atoms with Gasteiger partial charge in [0.2, 0.25) is 0 Å². The summed E-state index contributed by atoms with van der Waals surface area (Å²) < 4.78 is 0. The van der Waals surface area contributed by atoms with E-state index in [1.807, 2.05) is 18.4 Å². The molecule has 3 rings (SSSR count). The van der Waals surface area contributed by atoms with Crippen LogP contribution in [-0.4, -0.2) is 13.6 Å². The van der Waals surface area contributed by atoms with E-state index in [4.69, 9.17) is 0 Å². The van der Waals surface area contributed by atoms with Crippen LogP contribution in [0.2, 0.25) is 0 Å². The van der Waals surface area contributed by atoms with Gasteiger partial charge in [0.25, 0.3) is 0 Å². The summed E-state index contributed by atoms with van der Waals surface area (Å²) in [6.07, 6.45) is 2.30. The van der Waals surface area contributed by atoms with Crippen molar-refractivity contribution in [2.45, 2.75) is 18.8 Å². The normalized spacial score (nSPS) is 12.6. The molecular weight excluding hydrogens is 274 g/mol. The van der Waals surface area contributed by atoms with Gasteiger partial charge >= 0.3 is 0 Å². The maximum Gasteiger partial charge on any atom is 0.00799 e. The van der Waals surface area contributed by atoms with Gasteiger partial charge < -0.3 is 5.32 Å². The zero-order valence-electron chi connectivity index (χ0n) is 12.4. The summed E-state index contributed by atoms with van der Waals surface area (Å²) in [6.45, 7) is 1.06. The van der Waals surface area contributed by atoms with E-state index in [-0.39, 0.29) is 0 Å². The van der Waals surface area contributed by atoms with Crippen molar-refractivity contribution in [2.75, 3.05) is 13.6 Å². The van der Waals surface area contributed by atoms with Gasteiger partial charge in [-0.2, -0.15) is 0 Å². The molecule has 0 fully saturated rings. The Hall–Kier alpha value is -1.64. The Labute approximate surface area is 130 Å². The van der Waals surface area contributed by atoms with E-state index in [9.17, 15) is 0 Å². The van der Waals surface area contributed by atoms with Gasteiger partial charge in [-0.05, 0) is 60.1 Å². The second kappa shape index (κ2) is 6.88. The smallest absolute Gasteiger partial charge is 0.00799 e. The molecule has 21 heavy (non-hydrogen) atoms. The topological polar surface area (TPSA) is 12.0 Å². The lowest BCUT2D eigenvalue weighted by atomic mass is 9.91. The SMILES string of the molecule is CNCC[C@H](Cc1cccc2ccccc12)c1cccs1. The van der Waals surface area contributed by atoms with Crippen LogP contribution >= 0.6 is 11.3 Å². The van der Waals surface area contributed by atoms with E-state index < -0.39 is 0 Å². The maximum atomic E-state index is 3.29. The first-order chi connectivity index (χ1) is 10.4. The highest BCUT2D eigenvalue weighted by atomic mass is 32.1. The van der Waals surface area contributed by atoms with Crippen molar-refractivity contribution < 1.29 is 0 Å². The summed E-state index contributed by atoms with van der Waals surface area (Å²) in [5.41, 5.74) is 1.46. The van der Waals surface area contributed by atoms with Gasteiger partial charge in [0.05, 0.1) is 0 Å². The molecule has 0 saturated carbocycles. The van der Waals surface area contributed by atoms with Crippen molar-refractivity contribution in [2.24, 2.45) is 0 Å². The summed E-state index contributed by atoms with van der Waals surface area (Å²) >= 11 is 1.88. The van der Waals surface area contributed by atoms with E-state index in [0.717, 1.165) is 13.0 Å². The van der Waals surface area contributed by atoms with Crippen LogP contribution in [0.5, 0.6) is 0 Å². The number of hydrogen-bond acceptors (Lipinski definition) is 2. The molecule has 0 radical (unpaired) electrons. The van der Waals surface area contributed by atoms with Gasteiger partial charge in [-0.25, -0.2) is 0 Å². The molecule has 2 heteroatoms. The van der Waals surface area contributed by atoms with Gasteiger partial charge in [-0.1, -0.05) is 48.5 Å². The molecule has 0 aliphatic heterocycles. The fraction of sp³-hybridized carbons (Fsp3) is 0.263. The van der Waals surface area contributed by atoms with E-state index in [1.54, 1.807) is 0 Å². The molecule has 1 nitrogen and oxygen atoms in total. The van der Waals surface area contributed by atoms with Crippen molar-refractivity contribution in [3.63, 3.8) is 0 Å². The van der Waals surface area contributed by atoms with Crippen LogP contribution in [0.4, 0.5) is 0 Å². The first-order valence-corrected chi connectivity index (χ1v) is 8.41. The standard InChI is InChI=1S/C19H21NS/c1-20-12-11-17(19-10-5-13-21-19)14-16-8-4-7-15-6-2-3-9-18(15)16/h2-10,13,17,20H,11-12,14H2,1H3/t17-/m1/s1. The lowest BCUT2D eigenvalue weighted by Gasteiger charge is -2.17. The quantitative estimate of drug-likeness (QED) is 0.686. The highest BCUT2D eigenvalue weighted by Gasteiger charge is 2.14. The predicted molar refractivity (Wildman–Crippen MR) is 93.3 cm³/mol. The summed E-state index contributed by atoms with van der Waals surface area (Å²) in [5, 5.41) is 8.21. The molecule has 0 spiro atoms. The van der Waals surface area contributed by atoms with E-state index in [2.05, 4.69) is 65.3 Å². The fourth-order valence-electron chi connectivity index (χ4n) is 2.92. The lowest BCUT2D eigenvalue weighted by molar-refractivity contribution is 0.602. The van der Waals surface area contributed by atoms with Gasteiger partial charge in [0.1, 0.15) is 0 Å². The fourth-order valence-corrected chi connectivity index (χ4v) is 3.79. The third kappa shape index (κ3) is 3.34. The van der Waals surface area contributed by atoms with Crippen molar-refractivity contribution in [3.8, 4) is 0 Å². The van der Waals surface area contributed by atoms with E-state index in [1.165, 1.54) is 27.6 Å². The molecule has 0 aliphatic rings. The second-order valence-corrected chi connectivity index (χ2v) is 6.43. The summed E-state index contributed by atoms with van der Waals surface area (Å²) in [4.78, 5) is 1.50. The van der Waals surface area contributed by atoms with Gasteiger partial charge in [0.15, 0.2) is 0 Å². The highest BCUT2D eigenvalue weighted by Crippen LogP contribution is 2.30. The van der Waals surface area contributed by atoms with Crippen molar-refractivity contribution in [1.82, 2.24) is 5.32 Å². The molecule has 108 valence electrons. The Bertz CT molecular complexity index is 682. The minimum absolute atomic E-state index is 0.600. The number of fused-ring (bicyclic) bond motifs is 1. The average Bonchev–Trinajstić information content (AvgIpc) is 3.06. The molecule has 1 atom stereocenters. The Morgan fingerprint density at radius 3 is 2.67 bits per heavy atom. The molecule has 3 aromatic rings. The summed E-state index contributed by atoms with van der Waals surface area (Å²) in [6, 6.07) is 19.8. The number of nitrogens with one attached hydrogen (secondary N) is 1. The summed E-state index contributed by atoms with van der Waals surface area (Å²) in [7, 11) is 2.03. The van der Waals surface area contributed by atoms with Crippen LogP contribution < -0.4 is 5.32 Å². The molecule has 1 N–H and O–H groups in total. The van der Waals surface area contributed by atoms with Crippen LogP contribution in [0.25, 0.3) is 10.8 Å². The third-order valence-electron chi connectivity index (χ3n) is 4.03. The second-order valence-electron chi connectivity index (χ2n) is 5.45. The molecule has 0 saturated heterocycles. The number of rotatable bonds is 6. The number of hydrogen-bond donors (Lipinski definition) is 1. The molecule has 1 aromatic heterocycles. The largest absolute Gasteiger partial charge is 0.320 e. The minimum Gasteiger partial charge on any atom is -0.320 e. The van der Waals surface area contributed by atoms with Crippen molar-refractivity contribution in [1.29, 1.82) is 0 Å². The van der Waals surface area contributed by atoms with Crippen LogP contribution in [0.1, 0.15) is 22.8 Å². The zero-order chi connectivity index (χ0) is 14.5. The Balaban J connectivity index is 1.90. The van der Waals surface area contributed by atoms with Crippen LogP contribution in [0, 0.1) is 0 Å². The minimum atomic E-state index is 0.600. The van der Waals surface area contributed by atoms with Crippen LogP contribution in [-0.2, 0) is 6.42 Å². The van der Waals surface area contributed by atoms with Gasteiger partial charge in [-0.15, -0.1) is 11.3 Å². The van der Waals surface area contributed by atoms with E-state index in [0.29, 0.717) is 5.92 Å². The molecule has 2 aromatic carbocycles. The number of thiophene rings is 1. The zero-order valence-corrected chi connectivity index (χ0v) is 13.2. The Kier molecular flexibility index (Phi) is 4.69. The van der Waals surface area contributed by atoms with Crippen LogP contribution in [0.3, 0.4) is 0 Å². The van der Waals surface area contributed by atoms with Crippen LogP contribution in [0.15, 0.2) is 60.0 Å². The first kappa shape index (κ1) is 14.3. The lowest BCUT2D eigenvalue weighted by Crippen LogP contribution is -2.13. The first-order valence-electron chi connectivity index (χ1n) is 7.53. The maximum absolute atomic E-state index is 3.29. The average molecular weight is 295 g/mol. The van der Waals surface area contributed by atoms with Crippen molar-refractivity contribution >= 4 is 22.1 Å². The van der Waals surface area contributed by atoms with Crippen molar-refractivity contribution in [3.05, 3.63) is 70.4 Å². The summed E-state index contributed by atoms with van der Waals surface area (Å²) in [5.74, 6) is 0.600. The molecule has 0 amide bonds. The molecular formula is C19H21NS. The highest BCUT2D eigenvalue weighted by molar-refractivity contribution is 7.10.